The molecule has 0 aliphatic carbocycles. The van der Waals surface area contributed by atoms with Crippen molar-refractivity contribution in [3.63, 3.8) is 0 Å². The molecule has 5 nitrogen and oxygen atoms in total. The number of aliphatic carboxylic acids is 1. The van der Waals surface area contributed by atoms with E-state index in [1.807, 2.05) is 6.92 Å². The SMILES string of the molecule is CCC(C(=O)N1CCC(COC)(C(=O)O)C1)c1ccc(F)cc1. The Morgan fingerprint density at radius 2 is 2.04 bits per heavy atom. The Morgan fingerprint density at radius 3 is 2.57 bits per heavy atom. The number of halogens is 1. The second-order valence-electron chi connectivity index (χ2n) is 6.04. The Labute approximate surface area is 135 Å². The molecule has 126 valence electrons. The number of carbonyl (C=O) groups excluding carboxylic acids is 1. The average molecular weight is 323 g/mol. The number of carboxylic acid groups (broad SMARTS) is 1. The lowest BCUT2D eigenvalue weighted by Gasteiger charge is -2.26. The largest absolute Gasteiger partial charge is 0.481 e. The number of amides is 1. The molecule has 1 aliphatic heterocycles. The second-order valence-corrected chi connectivity index (χ2v) is 6.04. The number of hydrogen-bond acceptors (Lipinski definition) is 3. The molecule has 1 heterocycles. The van der Waals surface area contributed by atoms with E-state index in [0.717, 1.165) is 5.56 Å². The van der Waals surface area contributed by atoms with Crippen LogP contribution in [0.1, 0.15) is 31.2 Å². The quantitative estimate of drug-likeness (QED) is 0.872. The number of carbonyl (C=O) groups is 2. The zero-order chi connectivity index (χ0) is 17.0. The second kappa shape index (κ2) is 7.08. The van der Waals surface area contributed by atoms with Crippen LogP contribution in [0.25, 0.3) is 0 Å². The van der Waals surface area contributed by atoms with E-state index >= 15 is 0 Å². The third kappa shape index (κ3) is 3.52. The summed E-state index contributed by atoms with van der Waals surface area (Å²) in [7, 11) is 1.46. The maximum absolute atomic E-state index is 13.1. The number of methoxy groups -OCH3 is 1. The van der Waals surface area contributed by atoms with Crippen LogP contribution in [0.2, 0.25) is 0 Å². The predicted molar refractivity (Wildman–Crippen MR) is 82.6 cm³/mol. The fourth-order valence-corrected chi connectivity index (χ4v) is 3.16. The summed E-state index contributed by atoms with van der Waals surface area (Å²) in [4.78, 5) is 25.9. The van der Waals surface area contributed by atoms with Gasteiger partial charge in [-0.15, -0.1) is 0 Å². The van der Waals surface area contributed by atoms with E-state index in [9.17, 15) is 19.1 Å². The molecule has 0 aromatic heterocycles. The number of nitrogens with zero attached hydrogens (tertiary/aromatic N) is 1. The molecule has 1 aromatic rings. The van der Waals surface area contributed by atoms with E-state index in [1.165, 1.54) is 19.2 Å². The highest BCUT2D eigenvalue weighted by molar-refractivity contribution is 5.85. The molecular weight excluding hydrogens is 301 g/mol. The minimum absolute atomic E-state index is 0.0828. The normalized spacial score (nSPS) is 22.1. The molecule has 0 saturated carbocycles. The Bertz CT molecular complexity index is 574. The maximum atomic E-state index is 13.1. The standard InChI is InChI=1S/C17H22FNO4/c1-3-14(12-4-6-13(18)7-5-12)15(20)19-9-8-17(10-19,11-23-2)16(21)22/h4-7,14H,3,8-11H2,1-2H3,(H,21,22). The summed E-state index contributed by atoms with van der Waals surface area (Å²) in [5.41, 5.74) is -0.288. The van der Waals surface area contributed by atoms with Gasteiger partial charge in [-0.2, -0.15) is 0 Å². The van der Waals surface area contributed by atoms with Crippen LogP contribution in [0.3, 0.4) is 0 Å². The van der Waals surface area contributed by atoms with Crippen molar-refractivity contribution >= 4 is 11.9 Å². The van der Waals surface area contributed by atoms with Gasteiger partial charge in [0.25, 0.3) is 0 Å². The van der Waals surface area contributed by atoms with Crippen molar-refractivity contribution in [2.24, 2.45) is 5.41 Å². The van der Waals surface area contributed by atoms with E-state index in [4.69, 9.17) is 4.74 Å². The van der Waals surface area contributed by atoms with Gasteiger partial charge in [0.05, 0.1) is 12.5 Å². The first-order valence-corrected chi connectivity index (χ1v) is 7.70. The Morgan fingerprint density at radius 1 is 1.39 bits per heavy atom. The Hall–Kier alpha value is -1.95. The number of carboxylic acids is 1. The third-order valence-corrected chi connectivity index (χ3v) is 4.52. The highest BCUT2D eigenvalue weighted by atomic mass is 19.1. The summed E-state index contributed by atoms with van der Waals surface area (Å²) in [5.74, 6) is -1.78. The molecule has 1 aromatic carbocycles. The number of hydrogen-bond donors (Lipinski definition) is 1. The van der Waals surface area contributed by atoms with Crippen LogP contribution >= 0.6 is 0 Å². The Kier molecular flexibility index (Phi) is 5.36. The Balaban J connectivity index is 2.16. The zero-order valence-corrected chi connectivity index (χ0v) is 13.4. The fourth-order valence-electron chi connectivity index (χ4n) is 3.16. The maximum Gasteiger partial charge on any atom is 0.313 e. The summed E-state index contributed by atoms with van der Waals surface area (Å²) in [6, 6.07) is 5.89. The van der Waals surface area contributed by atoms with Gasteiger partial charge in [-0.05, 0) is 30.5 Å². The minimum atomic E-state index is -1.04. The topological polar surface area (TPSA) is 66.8 Å². The molecule has 0 spiro atoms. The van der Waals surface area contributed by atoms with Gasteiger partial charge in [0, 0.05) is 20.2 Å². The number of benzene rings is 1. The van der Waals surface area contributed by atoms with Gasteiger partial charge in [0.1, 0.15) is 11.2 Å². The van der Waals surface area contributed by atoms with Crippen molar-refractivity contribution in [1.82, 2.24) is 4.90 Å². The lowest BCUT2D eigenvalue weighted by molar-refractivity contribution is -0.151. The summed E-state index contributed by atoms with van der Waals surface area (Å²) >= 11 is 0. The molecular formula is C17H22FNO4. The zero-order valence-electron chi connectivity index (χ0n) is 13.4. The van der Waals surface area contributed by atoms with E-state index in [-0.39, 0.29) is 30.8 Å². The van der Waals surface area contributed by atoms with E-state index < -0.39 is 11.4 Å². The van der Waals surface area contributed by atoms with Gasteiger partial charge < -0.3 is 14.7 Å². The van der Waals surface area contributed by atoms with Crippen molar-refractivity contribution in [2.45, 2.75) is 25.7 Å². The summed E-state index contributed by atoms with van der Waals surface area (Å²) in [5, 5.41) is 9.48. The van der Waals surface area contributed by atoms with Crippen molar-refractivity contribution < 1.29 is 23.8 Å². The molecule has 1 fully saturated rings. The molecule has 1 amide bonds. The summed E-state index contributed by atoms with van der Waals surface area (Å²) < 4.78 is 18.1. The first-order chi connectivity index (χ1) is 10.9. The van der Waals surface area contributed by atoms with Gasteiger partial charge in [0.15, 0.2) is 0 Å². The molecule has 0 bridgehead atoms. The van der Waals surface area contributed by atoms with Crippen LogP contribution < -0.4 is 0 Å². The van der Waals surface area contributed by atoms with Crippen molar-refractivity contribution in [3.8, 4) is 0 Å². The monoisotopic (exact) mass is 323 g/mol. The molecule has 0 radical (unpaired) electrons. The highest BCUT2D eigenvalue weighted by Crippen LogP contribution is 2.34. The lowest BCUT2D eigenvalue weighted by Crippen LogP contribution is -2.41. The average Bonchev–Trinajstić information content (AvgIpc) is 2.96. The van der Waals surface area contributed by atoms with Crippen LogP contribution in [0.5, 0.6) is 0 Å². The molecule has 1 saturated heterocycles. The smallest absolute Gasteiger partial charge is 0.313 e. The van der Waals surface area contributed by atoms with Crippen LogP contribution in [-0.2, 0) is 14.3 Å². The highest BCUT2D eigenvalue weighted by Gasteiger charge is 2.47. The molecule has 1 N–H and O–H groups in total. The number of rotatable bonds is 6. The van der Waals surface area contributed by atoms with Crippen LogP contribution in [0.15, 0.2) is 24.3 Å². The van der Waals surface area contributed by atoms with Crippen molar-refractivity contribution in [1.29, 1.82) is 0 Å². The number of ether oxygens (including phenoxy) is 1. The predicted octanol–water partition coefficient (Wildman–Crippen LogP) is 2.27. The summed E-state index contributed by atoms with van der Waals surface area (Å²) in [6.45, 7) is 2.51. The van der Waals surface area contributed by atoms with Gasteiger partial charge in [-0.3, -0.25) is 9.59 Å². The molecule has 2 rings (SSSR count). The fraction of sp³-hybridized carbons (Fsp3) is 0.529. The van der Waals surface area contributed by atoms with Crippen LogP contribution in [-0.4, -0.2) is 48.7 Å². The third-order valence-electron chi connectivity index (χ3n) is 4.52. The molecule has 1 aliphatic rings. The van der Waals surface area contributed by atoms with E-state index in [1.54, 1.807) is 17.0 Å². The molecule has 2 atom stereocenters. The van der Waals surface area contributed by atoms with E-state index in [0.29, 0.717) is 19.4 Å². The minimum Gasteiger partial charge on any atom is -0.481 e. The van der Waals surface area contributed by atoms with E-state index in [2.05, 4.69) is 0 Å². The van der Waals surface area contributed by atoms with Crippen LogP contribution in [0, 0.1) is 11.2 Å². The summed E-state index contributed by atoms with van der Waals surface area (Å²) in [6.07, 6.45) is 0.951. The number of likely N-dealkylation sites (tertiary alicyclic amines) is 1. The first-order valence-electron chi connectivity index (χ1n) is 7.70. The first kappa shape index (κ1) is 17.4. The van der Waals surface area contributed by atoms with Crippen molar-refractivity contribution in [3.05, 3.63) is 35.6 Å². The van der Waals surface area contributed by atoms with Gasteiger partial charge >= 0.3 is 5.97 Å². The molecule has 6 heteroatoms. The van der Waals surface area contributed by atoms with Gasteiger partial charge in [-0.1, -0.05) is 19.1 Å². The van der Waals surface area contributed by atoms with Gasteiger partial charge in [-0.25, -0.2) is 4.39 Å². The van der Waals surface area contributed by atoms with Crippen LogP contribution in [0.4, 0.5) is 4.39 Å². The van der Waals surface area contributed by atoms with Crippen molar-refractivity contribution in [2.75, 3.05) is 26.8 Å². The lowest BCUT2D eigenvalue weighted by atomic mass is 9.88. The molecule has 23 heavy (non-hydrogen) atoms. The van der Waals surface area contributed by atoms with Gasteiger partial charge in [0.2, 0.25) is 5.91 Å². The molecule has 2 unspecified atom stereocenters.